The predicted molar refractivity (Wildman–Crippen MR) is 139 cm³/mol. The van der Waals surface area contributed by atoms with E-state index in [0.717, 1.165) is 32.1 Å². The molecular formula is C29H48N2O6. The molecule has 6 N–H and O–H groups in total. The Kier molecular flexibility index (Phi) is 8.30. The van der Waals surface area contributed by atoms with Crippen molar-refractivity contribution < 1.29 is 29.7 Å². The SMILES string of the molecule is C[C@H](CCC(=O)N[C@@H](CCC(N)=O)C(=O)O)[C@H]1CC[C@H]2[C@@H]3C[C@H](O)[C@@H]4C[C@H](O)CC[C@]4(C)[C@H]3CC[C@]12C. The minimum absolute atomic E-state index is 0.00147. The van der Waals surface area contributed by atoms with E-state index in [1.165, 1.54) is 19.3 Å². The summed E-state index contributed by atoms with van der Waals surface area (Å²) < 4.78 is 0. The summed E-state index contributed by atoms with van der Waals surface area (Å²) >= 11 is 0. The zero-order valence-corrected chi connectivity index (χ0v) is 22.8. The number of carboxylic acid groups (broad SMARTS) is 1. The maximum Gasteiger partial charge on any atom is 0.326 e. The summed E-state index contributed by atoms with van der Waals surface area (Å²) in [6.45, 7) is 7.06. The van der Waals surface area contributed by atoms with Crippen LogP contribution in [0.25, 0.3) is 0 Å². The number of amides is 2. The van der Waals surface area contributed by atoms with Crippen LogP contribution in [0.3, 0.4) is 0 Å². The number of nitrogens with two attached hydrogens (primary N) is 1. The second-order valence-electron chi connectivity index (χ2n) is 13.4. The summed E-state index contributed by atoms with van der Waals surface area (Å²) in [6, 6.07) is -1.09. The third-order valence-electron chi connectivity index (χ3n) is 11.6. The first-order valence-electron chi connectivity index (χ1n) is 14.5. The van der Waals surface area contributed by atoms with E-state index in [0.29, 0.717) is 36.0 Å². The average molecular weight is 521 g/mol. The van der Waals surface area contributed by atoms with Gasteiger partial charge in [-0.15, -0.1) is 0 Å². The molecule has 8 heteroatoms. The highest BCUT2D eigenvalue weighted by Crippen LogP contribution is 2.68. The van der Waals surface area contributed by atoms with Crippen LogP contribution in [0, 0.1) is 46.3 Å². The highest BCUT2D eigenvalue weighted by molar-refractivity contribution is 5.84. The summed E-state index contributed by atoms with van der Waals surface area (Å²) in [6.07, 6.45) is 8.38. The van der Waals surface area contributed by atoms with Gasteiger partial charge in [0, 0.05) is 12.8 Å². The van der Waals surface area contributed by atoms with Gasteiger partial charge in [0.05, 0.1) is 12.2 Å². The van der Waals surface area contributed by atoms with Gasteiger partial charge in [-0.1, -0.05) is 20.8 Å². The molecule has 0 heterocycles. The number of primary amides is 1. The second-order valence-corrected chi connectivity index (χ2v) is 13.4. The molecule has 11 atom stereocenters. The number of carboxylic acids is 1. The summed E-state index contributed by atoms with van der Waals surface area (Å²) in [4.78, 5) is 35.0. The fourth-order valence-electron chi connectivity index (χ4n) is 9.62. The van der Waals surface area contributed by atoms with E-state index in [1.807, 2.05) is 0 Å². The molecular weight excluding hydrogens is 472 g/mol. The van der Waals surface area contributed by atoms with Crippen molar-refractivity contribution in [2.75, 3.05) is 0 Å². The van der Waals surface area contributed by atoms with Crippen LogP contribution >= 0.6 is 0 Å². The number of fused-ring (bicyclic) bond motifs is 5. The maximum atomic E-state index is 12.6. The molecule has 0 unspecified atom stereocenters. The Morgan fingerprint density at radius 2 is 1.59 bits per heavy atom. The van der Waals surface area contributed by atoms with Crippen molar-refractivity contribution in [2.24, 2.45) is 52.1 Å². The summed E-state index contributed by atoms with van der Waals surface area (Å²) in [5, 5.41) is 33.4. The number of hydrogen-bond acceptors (Lipinski definition) is 5. The molecule has 2 amide bonds. The lowest BCUT2D eigenvalue weighted by Gasteiger charge is -2.62. The van der Waals surface area contributed by atoms with Crippen LogP contribution in [0.1, 0.15) is 97.8 Å². The molecule has 0 aliphatic heterocycles. The molecule has 4 fully saturated rings. The van der Waals surface area contributed by atoms with Crippen molar-refractivity contribution in [1.29, 1.82) is 0 Å². The molecule has 8 nitrogen and oxygen atoms in total. The molecule has 0 radical (unpaired) electrons. The molecule has 4 rings (SSSR count). The molecule has 37 heavy (non-hydrogen) atoms. The van der Waals surface area contributed by atoms with Crippen LogP contribution in [0.2, 0.25) is 0 Å². The molecule has 4 saturated carbocycles. The number of aliphatic carboxylic acids is 1. The molecule has 0 aromatic heterocycles. The van der Waals surface area contributed by atoms with Crippen LogP contribution in [0.4, 0.5) is 0 Å². The van der Waals surface area contributed by atoms with Gasteiger partial charge >= 0.3 is 5.97 Å². The van der Waals surface area contributed by atoms with Crippen molar-refractivity contribution in [3.8, 4) is 0 Å². The first kappa shape index (κ1) is 28.3. The van der Waals surface area contributed by atoms with Gasteiger partial charge < -0.3 is 26.4 Å². The van der Waals surface area contributed by atoms with E-state index in [4.69, 9.17) is 5.73 Å². The number of hydrogen-bond donors (Lipinski definition) is 5. The number of rotatable bonds is 9. The standard InChI is InChI=1S/C29H48N2O6/c1-16(4-9-26(35)31-23(27(36)37)7-8-25(30)34)19-5-6-20-18-15-24(33)22-14-17(32)10-12-29(22,3)21(18)11-13-28(19,20)2/h16-24,32-33H,4-15H2,1-3H3,(H2,30,34)(H,31,35)(H,36,37)/t16-,17-,18+,19-,20+,21+,22+,23+,24+,28-,29-/m1/s1. The quantitative estimate of drug-likeness (QED) is 0.315. The third kappa shape index (κ3) is 5.42. The molecule has 4 aliphatic carbocycles. The number of aliphatic hydroxyl groups is 2. The predicted octanol–water partition coefficient (Wildman–Crippen LogP) is 3.23. The Labute approximate surface area is 221 Å². The Morgan fingerprint density at radius 3 is 2.27 bits per heavy atom. The Balaban J connectivity index is 1.37. The maximum absolute atomic E-state index is 12.6. The van der Waals surface area contributed by atoms with Crippen LogP contribution < -0.4 is 11.1 Å². The summed E-state index contributed by atoms with van der Waals surface area (Å²) in [5.41, 5.74) is 5.44. The lowest BCUT2D eigenvalue weighted by atomic mass is 9.44. The van der Waals surface area contributed by atoms with Gasteiger partial charge in [-0.25, -0.2) is 4.79 Å². The monoisotopic (exact) mass is 520 g/mol. The van der Waals surface area contributed by atoms with Gasteiger partial charge in [0.1, 0.15) is 6.04 Å². The minimum atomic E-state index is -1.15. The number of carbonyl (C=O) groups excluding carboxylic acids is 2. The molecule has 4 aliphatic rings. The Bertz CT molecular complexity index is 880. The van der Waals surface area contributed by atoms with E-state index in [1.54, 1.807) is 0 Å². The van der Waals surface area contributed by atoms with Crippen molar-refractivity contribution in [1.82, 2.24) is 5.32 Å². The van der Waals surface area contributed by atoms with E-state index in [9.17, 15) is 29.7 Å². The Morgan fingerprint density at radius 1 is 0.919 bits per heavy atom. The van der Waals surface area contributed by atoms with E-state index < -0.39 is 17.9 Å². The number of aliphatic hydroxyl groups excluding tert-OH is 2. The smallest absolute Gasteiger partial charge is 0.326 e. The normalized spacial score (nSPS) is 42.6. The zero-order valence-electron chi connectivity index (χ0n) is 22.8. The highest BCUT2D eigenvalue weighted by atomic mass is 16.4. The Hall–Kier alpha value is -1.67. The fourth-order valence-corrected chi connectivity index (χ4v) is 9.62. The molecule has 0 aromatic carbocycles. The third-order valence-corrected chi connectivity index (χ3v) is 11.6. The van der Waals surface area contributed by atoms with Gasteiger partial charge in [-0.05, 0) is 111 Å². The van der Waals surface area contributed by atoms with Crippen LogP contribution in [0.15, 0.2) is 0 Å². The molecule has 210 valence electrons. The lowest BCUT2D eigenvalue weighted by Crippen LogP contribution is -2.58. The van der Waals surface area contributed by atoms with Crippen LogP contribution in [-0.4, -0.2) is 51.4 Å². The van der Waals surface area contributed by atoms with E-state index in [2.05, 4.69) is 26.1 Å². The first-order valence-corrected chi connectivity index (χ1v) is 14.5. The van der Waals surface area contributed by atoms with Gasteiger partial charge in [-0.3, -0.25) is 9.59 Å². The second kappa shape index (κ2) is 10.8. The van der Waals surface area contributed by atoms with Crippen LogP contribution in [0.5, 0.6) is 0 Å². The minimum Gasteiger partial charge on any atom is -0.480 e. The van der Waals surface area contributed by atoms with Crippen molar-refractivity contribution in [3.05, 3.63) is 0 Å². The van der Waals surface area contributed by atoms with Gasteiger partial charge in [0.2, 0.25) is 11.8 Å². The van der Waals surface area contributed by atoms with Crippen molar-refractivity contribution in [2.45, 2.75) is 116 Å². The number of carbonyl (C=O) groups is 3. The van der Waals surface area contributed by atoms with Crippen LogP contribution in [-0.2, 0) is 14.4 Å². The van der Waals surface area contributed by atoms with E-state index >= 15 is 0 Å². The van der Waals surface area contributed by atoms with Gasteiger partial charge in [0.15, 0.2) is 0 Å². The molecule has 0 spiro atoms. The average Bonchev–Trinajstić information content (AvgIpc) is 3.18. The van der Waals surface area contributed by atoms with Crippen molar-refractivity contribution >= 4 is 17.8 Å². The van der Waals surface area contributed by atoms with Gasteiger partial charge in [0.25, 0.3) is 0 Å². The molecule has 0 aromatic rings. The molecule has 0 saturated heterocycles. The first-order chi connectivity index (χ1) is 17.4. The number of nitrogens with one attached hydrogen (secondary N) is 1. The topological polar surface area (TPSA) is 150 Å². The largest absolute Gasteiger partial charge is 0.480 e. The highest BCUT2D eigenvalue weighted by Gasteiger charge is 2.62. The fraction of sp³-hybridized carbons (Fsp3) is 0.897. The summed E-state index contributed by atoms with van der Waals surface area (Å²) in [5.74, 6) is 0.742. The zero-order chi connectivity index (χ0) is 27.1. The summed E-state index contributed by atoms with van der Waals surface area (Å²) in [7, 11) is 0. The molecule has 0 bridgehead atoms. The van der Waals surface area contributed by atoms with Gasteiger partial charge in [-0.2, -0.15) is 0 Å². The van der Waals surface area contributed by atoms with Crippen molar-refractivity contribution in [3.63, 3.8) is 0 Å². The lowest BCUT2D eigenvalue weighted by molar-refractivity contribution is -0.172. The van der Waals surface area contributed by atoms with E-state index in [-0.39, 0.29) is 54.1 Å².